The largest absolute Gasteiger partial charge is 0.393 e. The van der Waals surface area contributed by atoms with Crippen LogP contribution in [-0.2, 0) is 16.1 Å². The van der Waals surface area contributed by atoms with Gasteiger partial charge in [0, 0.05) is 48.0 Å². The predicted octanol–water partition coefficient (Wildman–Crippen LogP) is 5.69. The first-order chi connectivity index (χ1) is 18.4. The lowest BCUT2D eigenvalue weighted by molar-refractivity contribution is -0.123. The van der Waals surface area contributed by atoms with Crippen LogP contribution < -0.4 is 10.6 Å². The van der Waals surface area contributed by atoms with E-state index in [2.05, 4.69) is 52.1 Å². The number of rotatable bonds is 10. The van der Waals surface area contributed by atoms with Crippen LogP contribution in [0.4, 0.5) is 0 Å². The molecule has 1 aromatic heterocycles. The number of benzene rings is 2. The monoisotopic (exact) mass is 514 g/mol. The van der Waals surface area contributed by atoms with Crippen LogP contribution >= 0.6 is 0 Å². The minimum Gasteiger partial charge on any atom is -0.393 e. The first-order valence-corrected chi connectivity index (χ1v) is 13.8. The average Bonchev–Trinajstić information content (AvgIpc) is 3.43. The number of hydrogen-bond acceptors (Lipinski definition) is 4. The number of nitrogens with zero attached hydrogens (tertiary/aromatic N) is 2. The molecule has 3 aromatic rings. The maximum Gasteiger partial charge on any atom is 0.259 e. The second-order valence-electron chi connectivity index (χ2n) is 9.33. The van der Waals surface area contributed by atoms with Gasteiger partial charge >= 0.3 is 0 Å². The lowest BCUT2D eigenvalue weighted by Gasteiger charge is -2.18. The second-order valence-corrected chi connectivity index (χ2v) is 9.33. The Balaban J connectivity index is 0.00000195. The van der Waals surface area contributed by atoms with Gasteiger partial charge in [-0.3, -0.25) is 14.9 Å². The van der Waals surface area contributed by atoms with Crippen molar-refractivity contribution in [1.29, 1.82) is 0 Å². The van der Waals surface area contributed by atoms with E-state index >= 15 is 0 Å². The van der Waals surface area contributed by atoms with Crippen molar-refractivity contribution in [2.75, 3.05) is 26.7 Å². The topological polar surface area (TPSA) is 66.4 Å². The van der Waals surface area contributed by atoms with E-state index in [1.54, 1.807) is 0 Å². The highest BCUT2D eigenvalue weighted by Gasteiger charge is 2.35. The zero-order valence-corrected chi connectivity index (χ0v) is 23.9. The molecule has 0 saturated carbocycles. The number of carbonyl (C=O) groups excluding carboxylic acids is 2. The number of amides is 2. The second kappa shape index (κ2) is 13.2. The molecule has 0 radical (unpaired) electrons. The van der Waals surface area contributed by atoms with Gasteiger partial charge < -0.3 is 14.8 Å². The number of aryl methyl sites for hydroxylation is 3. The fourth-order valence-corrected chi connectivity index (χ4v) is 5.06. The van der Waals surface area contributed by atoms with Crippen LogP contribution in [-0.4, -0.2) is 48.0 Å². The van der Waals surface area contributed by atoms with Gasteiger partial charge in [0.25, 0.3) is 11.8 Å². The summed E-state index contributed by atoms with van der Waals surface area (Å²) in [6.07, 6.45) is 4.86. The van der Waals surface area contributed by atoms with Crippen molar-refractivity contribution in [2.45, 2.75) is 54.5 Å². The van der Waals surface area contributed by atoms with Gasteiger partial charge in [-0.1, -0.05) is 69.7 Å². The molecule has 0 atom stereocenters. The van der Waals surface area contributed by atoms with Crippen LogP contribution in [0.3, 0.4) is 0 Å². The first kappa shape index (κ1) is 28.9. The third kappa shape index (κ3) is 5.91. The normalized spacial score (nSPS) is 13.7. The number of carbonyl (C=O) groups is 2. The fraction of sp³-hybridized carbons (Fsp3) is 0.375. The number of aromatic nitrogens is 1. The maximum absolute atomic E-state index is 13.3. The van der Waals surface area contributed by atoms with E-state index in [0.717, 1.165) is 71.3 Å². The van der Waals surface area contributed by atoms with Gasteiger partial charge in [-0.15, -0.1) is 0 Å². The Hall–Kier alpha value is -3.64. The SMILES string of the molecule is CC.CCN(CC)CCCn1cc(C2=C(/C(=C/NC)c3cc(C)ccc3C)C(=O)NC2=O)c2ccccc21. The van der Waals surface area contributed by atoms with E-state index in [1.165, 1.54) is 0 Å². The smallest absolute Gasteiger partial charge is 0.259 e. The van der Waals surface area contributed by atoms with Crippen LogP contribution in [0.15, 0.2) is 60.4 Å². The molecular formula is C32H42N4O2. The molecule has 6 heteroatoms. The van der Waals surface area contributed by atoms with Gasteiger partial charge in [0.2, 0.25) is 0 Å². The van der Waals surface area contributed by atoms with Gasteiger partial charge in [-0.2, -0.15) is 0 Å². The number of nitrogens with one attached hydrogen (secondary N) is 2. The molecule has 0 aliphatic carbocycles. The Labute approximate surface area is 227 Å². The van der Waals surface area contributed by atoms with Crippen LogP contribution in [0.5, 0.6) is 0 Å². The summed E-state index contributed by atoms with van der Waals surface area (Å²) >= 11 is 0. The van der Waals surface area contributed by atoms with Crippen molar-refractivity contribution in [2.24, 2.45) is 0 Å². The van der Waals surface area contributed by atoms with Gasteiger partial charge in [-0.05, 0) is 57.1 Å². The van der Waals surface area contributed by atoms with Crippen LogP contribution in [0.25, 0.3) is 22.0 Å². The Morgan fingerprint density at radius 2 is 1.74 bits per heavy atom. The average molecular weight is 515 g/mol. The van der Waals surface area contributed by atoms with E-state index in [9.17, 15) is 9.59 Å². The molecule has 1 aliphatic rings. The van der Waals surface area contributed by atoms with Gasteiger partial charge in [-0.25, -0.2) is 0 Å². The van der Waals surface area contributed by atoms with Crippen molar-refractivity contribution < 1.29 is 9.59 Å². The summed E-state index contributed by atoms with van der Waals surface area (Å²) < 4.78 is 2.22. The summed E-state index contributed by atoms with van der Waals surface area (Å²) in [5.74, 6) is -0.718. The zero-order chi connectivity index (χ0) is 27.8. The Bertz CT molecular complexity index is 1360. The Morgan fingerprint density at radius 1 is 1.03 bits per heavy atom. The number of hydrogen-bond donors (Lipinski definition) is 2. The number of para-hydroxylation sites is 1. The van der Waals surface area contributed by atoms with E-state index in [4.69, 9.17) is 0 Å². The highest BCUT2D eigenvalue weighted by molar-refractivity contribution is 6.41. The van der Waals surface area contributed by atoms with Crippen molar-refractivity contribution >= 4 is 33.9 Å². The molecule has 2 N–H and O–H groups in total. The molecule has 202 valence electrons. The third-order valence-corrected chi connectivity index (χ3v) is 7.00. The molecule has 2 aromatic carbocycles. The summed E-state index contributed by atoms with van der Waals surface area (Å²) in [6.45, 7) is 16.3. The first-order valence-electron chi connectivity index (χ1n) is 13.8. The summed E-state index contributed by atoms with van der Waals surface area (Å²) in [5, 5.41) is 6.64. The summed E-state index contributed by atoms with van der Waals surface area (Å²) in [5.41, 5.74) is 6.49. The minimum absolute atomic E-state index is 0.353. The number of fused-ring (bicyclic) bond motifs is 1. The summed E-state index contributed by atoms with van der Waals surface area (Å²) in [7, 11) is 1.81. The van der Waals surface area contributed by atoms with Gasteiger partial charge in [0.05, 0.1) is 11.1 Å². The fourth-order valence-electron chi connectivity index (χ4n) is 5.06. The molecule has 4 rings (SSSR count). The predicted molar refractivity (Wildman–Crippen MR) is 159 cm³/mol. The van der Waals surface area contributed by atoms with Gasteiger partial charge in [0.15, 0.2) is 0 Å². The van der Waals surface area contributed by atoms with E-state index in [0.29, 0.717) is 11.1 Å². The molecule has 1 aliphatic heterocycles. The summed E-state index contributed by atoms with van der Waals surface area (Å²) in [4.78, 5) is 28.9. The molecule has 0 fully saturated rings. The molecule has 0 saturated heterocycles. The maximum atomic E-state index is 13.3. The lowest BCUT2D eigenvalue weighted by atomic mass is 9.89. The molecule has 0 unspecified atom stereocenters. The molecular weight excluding hydrogens is 472 g/mol. The van der Waals surface area contributed by atoms with Gasteiger partial charge in [0.1, 0.15) is 0 Å². The molecule has 0 spiro atoms. The Morgan fingerprint density at radius 3 is 2.42 bits per heavy atom. The summed E-state index contributed by atoms with van der Waals surface area (Å²) in [6, 6.07) is 14.3. The van der Waals surface area contributed by atoms with Crippen molar-refractivity contribution in [3.8, 4) is 0 Å². The molecule has 0 bridgehead atoms. The van der Waals surface area contributed by atoms with Crippen LogP contribution in [0.1, 0.15) is 56.4 Å². The zero-order valence-electron chi connectivity index (χ0n) is 23.9. The highest BCUT2D eigenvalue weighted by Crippen LogP contribution is 2.38. The van der Waals surface area contributed by atoms with E-state index < -0.39 is 0 Å². The van der Waals surface area contributed by atoms with Crippen molar-refractivity contribution in [3.05, 3.63) is 82.7 Å². The lowest BCUT2D eigenvalue weighted by Crippen LogP contribution is -2.24. The Kier molecular flexibility index (Phi) is 10.1. The van der Waals surface area contributed by atoms with E-state index in [1.807, 2.05) is 71.4 Å². The van der Waals surface area contributed by atoms with Crippen molar-refractivity contribution in [3.63, 3.8) is 0 Å². The standard InChI is InChI=1S/C30H36N4O2.C2H6/c1-6-33(7-2)15-10-16-34-19-25(22-11-8-9-12-26(22)34)28-27(29(35)32-30(28)36)24(18-31-5)23-17-20(3)13-14-21(23)4;1-2/h8-9,11-14,17-19,31H,6-7,10,15-16H2,1-5H3,(H,32,35,36);1-2H3/b24-18+;. The number of imide groups is 1. The minimum atomic E-state index is -0.365. The van der Waals surface area contributed by atoms with Crippen LogP contribution in [0.2, 0.25) is 0 Å². The quantitative estimate of drug-likeness (QED) is 0.341. The van der Waals surface area contributed by atoms with Crippen LogP contribution in [0, 0.1) is 13.8 Å². The highest BCUT2D eigenvalue weighted by atomic mass is 16.2. The van der Waals surface area contributed by atoms with Crippen molar-refractivity contribution in [1.82, 2.24) is 20.1 Å². The molecule has 2 amide bonds. The molecule has 2 heterocycles. The molecule has 38 heavy (non-hydrogen) atoms. The molecule has 6 nitrogen and oxygen atoms in total. The third-order valence-electron chi connectivity index (χ3n) is 7.00. The van der Waals surface area contributed by atoms with E-state index in [-0.39, 0.29) is 11.8 Å².